The fraction of sp³-hybridized carbons (Fsp3) is 0.579. The first kappa shape index (κ1) is 20.4. The molecule has 1 aromatic carbocycles. The van der Waals surface area contributed by atoms with Crippen molar-refractivity contribution in [2.24, 2.45) is 5.73 Å². The molecule has 0 saturated carbocycles. The molecule has 1 unspecified atom stereocenters. The number of benzene rings is 1. The van der Waals surface area contributed by atoms with Crippen LogP contribution in [0.15, 0.2) is 30.3 Å². The zero-order valence-electron chi connectivity index (χ0n) is 15.8. The highest BCUT2D eigenvalue weighted by atomic mass is 16.5. The van der Waals surface area contributed by atoms with Crippen LogP contribution < -0.4 is 16.5 Å². The lowest BCUT2D eigenvalue weighted by atomic mass is 10.0. The largest absolute Gasteiger partial charge is 0.468 e. The van der Waals surface area contributed by atoms with E-state index in [2.05, 4.69) is 10.7 Å². The van der Waals surface area contributed by atoms with E-state index in [0.717, 1.165) is 24.9 Å². The number of methoxy groups -OCH3 is 1. The molecule has 1 aromatic rings. The predicted molar refractivity (Wildman–Crippen MR) is 100 cm³/mol. The maximum absolute atomic E-state index is 12.4. The second kappa shape index (κ2) is 9.66. The molecule has 0 radical (unpaired) electrons. The van der Waals surface area contributed by atoms with Crippen molar-refractivity contribution in [3.63, 3.8) is 0 Å². The van der Waals surface area contributed by atoms with Gasteiger partial charge in [0.2, 0.25) is 5.91 Å². The highest BCUT2D eigenvalue weighted by Gasteiger charge is 2.31. The zero-order valence-corrected chi connectivity index (χ0v) is 15.8. The van der Waals surface area contributed by atoms with Crippen molar-refractivity contribution in [3.8, 4) is 0 Å². The standard InChI is InChI=1S/C19H30N4O3/c1-13(14(2)23-11-7-10-17(22-23)19(25)26-3)21-18(24)16(20)12-15-8-5-4-6-9-15/h4-6,8-9,13-14,16-17,22H,7,10-12,20H2,1-3H3,(H,21,24)/t13-,14?,16-,17-/m0/s1. The van der Waals surface area contributed by atoms with E-state index in [-0.39, 0.29) is 30.0 Å². The number of hydrogen-bond acceptors (Lipinski definition) is 6. The number of esters is 1. The second-order valence-corrected chi connectivity index (χ2v) is 6.87. The Balaban J connectivity index is 1.86. The van der Waals surface area contributed by atoms with Gasteiger partial charge in [-0.25, -0.2) is 10.4 Å². The molecule has 1 aliphatic heterocycles. The van der Waals surface area contributed by atoms with E-state index in [0.29, 0.717) is 6.42 Å². The average molecular weight is 362 g/mol. The van der Waals surface area contributed by atoms with E-state index in [1.165, 1.54) is 7.11 Å². The summed E-state index contributed by atoms with van der Waals surface area (Å²) in [6.45, 7) is 4.77. The predicted octanol–water partition coefficient (Wildman–Crippen LogP) is 0.592. The lowest BCUT2D eigenvalue weighted by Crippen LogP contribution is -2.61. The summed E-state index contributed by atoms with van der Waals surface area (Å²) in [6.07, 6.45) is 2.14. The number of nitrogens with one attached hydrogen (secondary N) is 2. The van der Waals surface area contributed by atoms with Gasteiger partial charge in [-0.1, -0.05) is 30.3 Å². The Labute approximate surface area is 155 Å². The fourth-order valence-electron chi connectivity index (χ4n) is 3.11. The smallest absolute Gasteiger partial charge is 0.324 e. The van der Waals surface area contributed by atoms with Gasteiger partial charge in [-0.15, -0.1) is 0 Å². The van der Waals surface area contributed by atoms with Gasteiger partial charge in [0, 0.05) is 18.6 Å². The Hall–Kier alpha value is -1.96. The van der Waals surface area contributed by atoms with Crippen molar-refractivity contribution in [2.45, 2.75) is 57.3 Å². The summed E-state index contributed by atoms with van der Waals surface area (Å²) in [7, 11) is 1.39. The highest BCUT2D eigenvalue weighted by molar-refractivity contribution is 5.82. The molecule has 0 aromatic heterocycles. The van der Waals surface area contributed by atoms with E-state index in [9.17, 15) is 9.59 Å². The van der Waals surface area contributed by atoms with Crippen molar-refractivity contribution in [1.29, 1.82) is 0 Å². The van der Waals surface area contributed by atoms with Crippen LogP contribution in [0.1, 0.15) is 32.3 Å². The van der Waals surface area contributed by atoms with E-state index < -0.39 is 6.04 Å². The molecule has 4 N–H and O–H groups in total. The van der Waals surface area contributed by atoms with Gasteiger partial charge in [0.1, 0.15) is 6.04 Å². The minimum absolute atomic E-state index is 0.00957. The number of carbonyl (C=O) groups excluding carboxylic acids is 2. The number of ether oxygens (including phenoxy) is 1. The summed E-state index contributed by atoms with van der Waals surface area (Å²) in [6, 6.07) is 8.70. The number of hydrazine groups is 1. The van der Waals surface area contributed by atoms with Gasteiger partial charge in [0.25, 0.3) is 0 Å². The van der Waals surface area contributed by atoms with Crippen molar-refractivity contribution < 1.29 is 14.3 Å². The molecule has 2 rings (SSSR count). The van der Waals surface area contributed by atoms with Gasteiger partial charge < -0.3 is 15.8 Å². The van der Waals surface area contributed by atoms with Crippen molar-refractivity contribution in [1.82, 2.24) is 15.8 Å². The van der Waals surface area contributed by atoms with E-state index in [1.54, 1.807) is 0 Å². The third-order valence-corrected chi connectivity index (χ3v) is 4.92. The Morgan fingerprint density at radius 3 is 2.69 bits per heavy atom. The summed E-state index contributed by atoms with van der Waals surface area (Å²) < 4.78 is 4.82. The normalized spacial score (nSPS) is 21.5. The maximum atomic E-state index is 12.4. The molecule has 1 aliphatic rings. The Bertz CT molecular complexity index is 596. The molecule has 26 heavy (non-hydrogen) atoms. The first-order chi connectivity index (χ1) is 12.4. The maximum Gasteiger partial charge on any atom is 0.324 e. The van der Waals surface area contributed by atoms with Crippen molar-refractivity contribution in [3.05, 3.63) is 35.9 Å². The minimum Gasteiger partial charge on any atom is -0.468 e. The molecule has 0 bridgehead atoms. The van der Waals surface area contributed by atoms with Gasteiger partial charge in [-0.05, 0) is 38.7 Å². The number of nitrogens with zero attached hydrogens (tertiary/aromatic N) is 1. The first-order valence-corrected chi connectivity index (χ1v) is 9.13. The van der Waals surface area contributed by atoms with Crippen LogP contribution >= 0.6 is 0 Å². The van der Waals surface area contributed by atoms with Crippen molar-refractivity contribution in [2.75, 3.05) is 13.7 Å². The van der Waals surface area contributed by atoms with Crippen LogP contribution in [-0.2, 0) is 20.7 Å². The molecule has 1 saturated heterocycles. The van der Waals surface area contributed by atoms with E-state index >= 15 is 0 Å². The number of nitrogens with two attached hydrogens (primary N) is 1. The lowest BCUT2D eigenvalue weighted by Gasteiger charge is -2.39. The van der Waals surface area contributed by atoms with Crippen LogP contribution in [0.4, 0.5) is 0 Å². The van der Waals surface area contributed by atoms with Gasteiger partial charge in [0.05, 0.1) is 13.2 Å². The summed E-state index contributed by atoms with van der Waals surface area (Å²) in [4.78, 5) is 24.2. The van der Waals surface area contributed by atoms with Crippen LogP contribution in [0.3, 0.4) is 0 Å². The molecule has 0 aliphatic carbocycles. The van der Waals surface area contributed by atoms with Gasteiger partial charge in [-0.3, -0.25) is 9.59 Å². The third kappa shape index (κ3) is 5.52. The second-order valence-electron chi connectivity index (χ2n) is 6.87. The highest BCUT2D eigenvalue weighted by Crippen LogP contribution is 2.13. The van der Waals surface area contributed by atoms with Crippen molar-refractivity contribution >= 4 is 11.9 Å². The number of rotatable bonds is 7. The van der Waals surface area contributed by atoms with E-state index in [4.69, 9.17) is 10.5 Å². The Morgan fingerprint density at radius 1 is 1.35 bits per heavy atom. The average Bonchev–Trinajstić information content (AvgIpc) is 2.67. The summed E-state index contributed by atoms with van der Waals surface area (Å²) >= 11 is 0. The van der Waals surface area contributed by atoms with Crippen LogP contribution in [0.5, 0.6) is 0 Å². The monoisotopic (exact) mass is 362 g/mol. The summed E-state index contributed by atoms with van der Waals surface area (Å²) in [5.74, 6) is -0.432. The van der Waals surface area contributed by atoms with Crippen LogP contribution in [0.2, 0.25) is 0 Å². The van der Waals surface area contributed by atoms with Gasteiger partial charge in [-0.2, -0.15) is 0 Å². The Kier molecular flexibility index (Phi) is 7.56. The molecule has 0 spiro atoms. The molecular formula is C19H30N4O3. The molecule has 1 fully saturated rings. The molecule has 1 amide bonds. The molecule has 144 valence electrons. The third-order valence-electron chi connectivity index (χ3n) is 4.92. The number of hydrogen-bond donors (Lipinski definition) is 3. The Morgan fingerprint density at radius 2 is 2.04 bits per heavy atom. The quantitative estimate of drug-likeness (QED) is 0.615. The number of carbonyl (C=O) groups is 2. The van der Waals surface area contributed by atoms with Gasteiger partial charge >= 0.3 is 5.97 Å². The molecule has 1 heterocycles. The van der Waals surface area contributed by atoms with Gasteiger partial charge in [0.15, 0.2) is 0 Å². The van der Waals surface area contributed by atoms with Crippen LogP contribution in [-0.4, -0.2) is 54.7 Å². The van der Waals surface area contributed by atoms with Crippen LogP contribution in [0.25, 0.3) is 0 Å². The van der Waals surface area contributed by atoms with E-state index in [1.807, 2.05) is 49.2 Å². The summed E-state index contributed by atoms with van der Waals surface area (Å²) in [5.41, 5.74) is 10.3. The minimum atomic E-state index is -0.593. The molecule has 7 nitrogen and oxygen atoms in total. The topological polar surface area (TPSA) is 96.7 Å². The fourth-order valence-corrected chi connectivity index (χ4v) is 3.11. The molecular weight excluding hydrogens is 332 g/mol. The molecule has 4 atom stereocenters. The molecule has 7 heteroatoms. The zero-order chi connectivity index (χ0) is 19.1. The summed E-state index contributed by atoms with van der Waals surface area (Å²) in [5, 5.41) is 4.99. The first-order valence-electron chi connectivity index (χ1n) is 9.13. The number of amides is 1. The SMILES string of the molecule is COC(=O)[C@@H]1CCCN(C(C)[C@H](C)NC(=O)[C@@H](N)Cc2ccccc2)N1. The lowest BCUT2D eigenvalue weighted by molar-refractivity contribution is -0.147. The van der Waals surface area contributed by atoms with Crippen LogP contribution in [0, 0.1) is 0 Å².